The van der Waals surface area contributed by atoms with Gasteiger partial charge in [-0.05, 0) is 28.8 Å². The quantitative estimate of drug-likeness (QED) is 0.908. The van der Waals surface area contributed by atoms with Crippen molar-refractivity contribution < 1.29 is 9.50 Å². The zero-order chi connectivity index (χ0) is 10.8. The first-order valence-electron chi connectivity index (χ1n) is 4.57. The van der Waals surface area contributed by atoms with Crippen molar-refractivity contribution >= 4 is 15.9 Å². The fourth-order valence-corrected chi connectivity index (χ4v) is 2.14. The van der Waals surface area contributed by atoms with Gasteiger partial charge >= 0.3 is 0 Å². The lowest BCUT2D eigenvalue weighted by molar-refractivity contribution is 0.0239. The molecule has 0 aliphatic heterocycles. The third kappa shape index (κ3) is 1.96. The molecule has 0 aliphatic rings. The van der Waals surface area contributed by atoms with Crippen molar-refractivity contribution in [3.05, 3.63) is 28.2 Å². The number of nitrogens with zero attached hydrogens (tertiary/aromatic N) is 1. The van der Waals surface area contributed by atoms with Crippen LogP contribution < -0.4 is 0 Å². The summed E-state index contributed by atoms with van der Waals surface area (Å²) >= 11 is 3.20. The summed E-state index contributed by atoms with van der Waals surface area (Å²) in [6, 6.07) is 0. The molecule has 78 valence electrons. The third-order valence-corrected chi connectivity index (χ3v) is 3.09. The second kappa shape index (κ2) is 4.36. The van der Waals surface area contributed by atoms with Crippen molar-refractivity contribution in [2.75, 3.05) is 0 Å². The van der Waals surface area contributed by atoms with E-state index < -0.39 is 11.4 Å². The number of pyridine rings is 1. The summed E-state index contributed by atoms with van der Waals surface area (Å²) in [5.74, 6) is -0.467. The topological polar surface area (TPSA) is 33.1 Å². The highest BCUT2D eigenvalue weighted by Gasteiger charge is 2.30. The van der Waals surface area contributed by atoms with Crippen LogP contribution in [0.3, 0.4) is 0 Å². The minimum Gasteiger partial charge on any atom is -0.385 e. The molecule has 0 fully saturated rings. The van der Waals surface area contributed by atoms with Gasteiger partial charge in [-0.25, -0.2) is 4.39 Å². The zero-order valence-electron chi connectivity index (χ0n) is 8.22. The number of aliphatic hydroxyl groups is 1. The molecule has 0 spiro atoms. The lowest BCUT2D eigenvalue weighted by Crippen LogP contribution is -2.25. The summed E-state index contributed by atoms with van der Waals surface area (Å²) in [5, 5.41) is 10.2. The number of aromatic nitrogens is 1. The molecule has 2 nitrogen and oxygen atoms in total. The lowest BCUT2D eigenvalue weighted by atomic mass is 9.89. The van der Waals surface area contributed by atoms with Gasteiger partial charge in [-0.1, -0.05) is 13.8 Å². The highest BCUT2D eigenvalue weighted by molar-refractivity contribution is 9.10. The Morgan fingerprint density at radius 2 is 2.00 bits per heavy atom. The average Bonchev–Trinajstić information content (AvgIpc) is 2.17. The molecule has 1 rings (SSSR count). The molecular formula is C10H13BrFNO. The molecule has 0 amide bonds. The monoisotopic (exact) mass is 261 g/mol. The maximum atomic E-state index is 13.5. The second-order valence-electron chi connectivity index (χ2n) is 3.22. The maximum absolute atomic E-state index is 13.5. The van der Waals surface area contributed by atoms with E-state index in [0.29, 0.717) is 22.9 Å². The van der Waals surface area contributed by atoms with Crippen molar-refractivity contribution in [3.63, 3.8) is 0 Å². The van der Waals surface area contributed by atoms with Crippen LogP contribution in [-0.4, -0.2) is 10.1 Å². The molecule has 4 heteroatoms. The molecule has 0 aliphatic carbocycles. The average molecular weight is 262 g/mol. The molecule has 0 atom stereocenters. The summed E-state index contributed by atoms with van der Waals surface area (Å²) in [4.78, 5) is 3.69. The Kier molecular flexibility index (Phi) is 3.61. The van der Waals surface area contributed by atoms with Gasteiger partial charge in [0.05, 0.1) is 11.8 Å². The number of hydrogen-bond acceptors (Lipinski definition) is 2. The van der Waals surface area contributed by atoms with E-state index in [0.717, 1.165) is 6.20 Å². The van der Waals surface area contributed by atoms with Gasteiger partial charge in [-0.3, -0.25) is 4.98 Å². The first kappa shape index (κ1) is 11.6. The Bertz CT molecular complexity index is 306. The fraction of sp³-hybridized carbons (Fsp3) is 0.500. The van der Waals surface area contributed by atoms with Crippen LogP contribution in [0.4, 0.5) is 4.39 Å². The zero-order valence-corrected chi connectivity index (χ0v) is 9.81. The first-order valence-corrected chi connectivity index (χ1v) is 5.36. The molecule has 1 N–H and O–H groups in total. The molecule has 1 heterocycles. The van der Waals surface area contributed by atoms with Gasteiger partial charge in [0.1, 0.15) is 5.82 Å². The Morgan fingerprint density at radius 3 is 2.43 bits per heavy atom. The van der Waals surface area contributed by atoms with Gasteiger partial charge in [0.25, 0.3) is 0 Å². The Balaban J connectivity index is 3.29. The molecule has 0 saturated carbocycles. The summed E-state index contributed by atoms with van der Waals surface area (Å²) in [7, 11) is 0. The number of rotatable bonds is 3. The van der Waals surface area contributed by atoms with Crippen LogP contribution in [0.1, 0.15) is 32.3 Å². The molecule has 0 aromatic carbocycles. The lowest BCUT2D eigenvalue weighted by Gasteiger charge is -2.26. The standard InChI is InChI=1S/C10H13BrFNO/c1-3-10(14,4-2)9-7(11)5-13-6-8(9)12/h5-6,14H,3-4H2,1-2H3. The van der Waals surface area contributed by atoms with Crippen molar-refractivity contribution in [3.8, 4) is 0 Å². The molecule has 0 unspecified atom stereocenters. The smallest absolute Gasteiger partial charge is 0.148 e. The van der Waals surface area contributed by atoms with Crippen molar-refractivity contribution in [2.45, 2.75) is 32.3 Å². The maximum Gasteiger partial charge on any atom is 0.148 e. The largest absolute Gasteiger partial charge is 0.385 e. The van der Waals surface area contributed by atoms with Crippen LogP contribution in [0, 0.1) is 5.82 Å². The highest BCUT2D eigenvalue weighted by Crippen LogP contribution is 2.34. The van der Waals surface area contributed by atoms with Gasteiger partial charge in [0.2, 0.25) is 0 Å². The molecule has 0 saturated heterocycles. The molecule has 0 radical (unpaired) electrons. The van der Waals surface area contributed by atoms with E-state index in [1.54, 1.807) is 0 Å². The normalized spacial score (nSPS) is 11.8. The van der Waals surface area contributed by atoms with E-state index in [4.69, 9.17) is 0 Å². The van der Waals surface area contributed by atoms with Crippen LogP contribution in [0.25, 0.3) is 0 Å². The summed E-state index contributed by atoms with van der Waals surface area (Å²) in [6.45, 7) is 3.66. The van der Waals surface area contributed by atoms with Crippen LogP contribution >= 0.6 is 15.9 Å². The Morgan fingerprint density at radius 1 is 1.43 bits per heavy atom. The van der Waals surface area contributed by atoms with Gasteiger partial charge < -0.3 is 5.11 Å². The van der Waals surface area contributed by atoms with Crippen LogP contribution in [0.15, 0.2) is 16.9 Å². The van der Waals surface area contributed by atoms with E-state index in [9.17, 15) is 9.50 Å². The van der Waals surface area contributed by atoms with Crippen molar-refractivity contribution in [1.82, 2.24) is 4.98 Å². The van der Waals surface area contributed by atoms with E-state index in [1.165, 1.54) is 6.20 Å². The highest BCUT2D eigenvalue weighted by atomic mass is 79.9. The summed E-state index contributed by atoms with van der Waals surface area (Å²) in [5.41, 5.74) is -0.802. The molecule has 1 aromatic heterocycles. The SMILES string of the molecule is CCC(O)(CC)c1c(F)cncc1Br. The van der Waals surface area contributed by atoms with E-state index in [2.05, 4.69) is 20.9 Å². The van der Waals surface area contributed by atoms with Gasteiger partial charge in [0, 0.05) is 16.2 Å². The minimum atomic E-state index is -1.11. The summed E-state index contributed by atoms with van der Waals surface area (Å²) < 4.78 is 14.0. The molecule has 1 aromatic rings. The number of hydrogen-bond donors (Lipinski definition) is 1. The molecule has 14 heavy (non-hydrogen) atoms. The van der Waals surface area contributed by atoms with Crippen molar-refractivity contribution in [2.24, 2.45) is 0 Å². The molecule has 0 bridgehead atoms. The second-order valence-corrected chi connectivity index (χ2v) is 4.07. The Hall–Kier alpha value is -0.480. The van der Waals surface area contributed by atoms with E-state index >= 15 is 0 Å². The van der Waals surface area contributed by atoms with Crippen LogP contribution in [0.5, 0.6) is 0 Å². The van der Waals surface area contributed by atoms with E-state index in [-0.39, 0.29) is 0 Å². The van der Waals surface area contributed by atoms with Crippen molar-refractivity contribution in [1.29, 1.82) is 0 Å². The van der Waals surface area contributed by atoms with Gasteiger partial charge in [-0.15, -0.1) is 0 Å². The van der Waals surface area contributed by atoms with Crippen LogP contribution in [-0.2, 0) is 5.60 Å². The van der Waals surface area contributed by atoms with Gasteiger partial charge in [-0.2, -0.15) is 0 Å². The minimum absolute atomic E-state index is 0.303. The summed E-state index contributed by atoms with van der Waals surface area (Å²) in [6.07, 6.45) is 3.57. The van der Waals surface area contributed by atoms with E-state index in [1.807, 2.05) is 13.8 Å². The predicted octanol–water partition coefficient (Wildman–Crippen LogP) is 2.99. The Labute approximate surface area is 91.3 Å². The predicted molar refractivity (Wildman–Crippen MR) is 56.4 cm³/mol. The molecular weight excluding hydrogens is 249 g/mol. The third-order valence-electron chi connectivity index (χ3n) is 2.49. The van der Waals surface area contributed by atoms with Crippen LogP contribution in [0.2, 0.25) is 0 Å². The first-order chi connectivity index (χ1) is 6.55. The van der Waals surface area contributed by atoms with Gasteiger partial charge in [0.15, 0.2) is 0 Å². The fourth-order valence-electron chi connectivity index (χ4n) is 1.46. The number of halogens is 2.